The predicted octanol–water partition coefficient (Wildman–Crippen LogP) is -0.698. The van der Waals surface area contributed by atoms with E-state index in [1.54, 1.807) is 0 Å². The molecular formula is C6H14N2O3. The Bertz CT molecular complexity index is 125. The van der Waals surface area contributed by atoms with Crippen LogP contribution in [-0.4, -0.2) is 23.5 Å². The van der Waals surface area contributed by atoms with Crippen LogP contribution in [0.2, 0.25) is 0 Å². The summed E-state index contributed by atoms with van der Waals surface area (Å²) in [6.45, 7) is 1.79. The van der Waals surface area contributed by atoms with Gasteiger partial charge in [0.15, 0.2) is 0 Å². The molecule has 0 atom stereocenters. The summed E-state index contributed by atoms with van der Waals surface area (Å²) in [7, 11) is 0. The standard InChI is InChI=1S/C4H8O2.C2H6N2O/c1-2-3-4(5)6;3-1-2(4)5/h2-3H2,1H3,(H,5,6);1,3H2,(H2,4,5). The van der Waals surface area contributed by atoms with Gasteiger partial charge in [-0.25, -0.2) is 0 Å². The van der Waals surface area contributed by atoms with E-state index < -0.39 is 11.9 Å². The highest BCUT2D eigenvalue weighted by Gasteiger charge is 1.87. The van der Waals surface area contributed by atoms with Gasteiger partial charge in [0, 0.05) is 6.42 Å². The van der Waals surface area contributed by atoms with Crippen LogP contribution in [0, 0.1) is 0 Å². The van der Waals surface area contributed by atoms with Gasteiger partial charge in [0.25, 0.3) is 0 Å². The first-order valence-electron chi connectivity index (χ1n) is 3.24. The molecule has 0 bridgehead atoms. The van der Waals surface area contributed by atoms with Crippen LogP contribution >= 0.6 is 0 Å². The number of primary amides is 1. The molecule has 1 amide bonds. The fraction of sp³-hybridized carbons (Fsp3) is 0.667. The Labute approximate surface area is 65.4 Å². The maximum absolute atomic E-state index is 9.60. The van der Waals surface area contributed by atoms with Crippen LogP contribution < -0.4 is 11.5 Å². The summed E-state index contributed by atoms with van der Waals surface area (Å²) in [4.78, 5) is 19.1. The van der Waals surface area contributed by atoms with E-state index in [1.807, 2.05) is 6.92 Å². The highest BCUT2D eigenvalue weighted by atomic mass is 16.4. The minimum Gasteiger partial charge on any atom is -0.481 e. The Balaban J connectivity index is 0. The molecule has 0 aliphatic heterocycles. The van der Waals surface area contributed by atoms with Crippen molar-refractivity contribution in [1.29, 1.82) is 0 Å². The summed E-state index contributed by atoms with van der Waals surface area (Å²) in [5, 5.41) is 7.91. The highest BCUT2D eigenvalue weighted by molar-refractivity contribution is 5.75. The molecule has 0 heterocycles. The molecule has 0 unspecified atom stereocenters. The Morgan fingerprint density at radius 2 is 1.82 bits per heavy atom. The molecule has 0 aliphatic rings. The van der Waals surface area contributed by atoms with E-state index in [2.05, 4.69) is 5.73 Å². The molecule has 11 heavy (non-hydrogen) atoms. The van der Waals surface area contributed by atoms with Crippen LogP contribution in [-0.2, 0) is 9.59 Å². The average Bonchev–Trinajstić information content (AvgIpc) is 1.89. The summed E-state index contributed by atoms with van der Waals surface area (Å²) >= 11 is 0. The van der Waals surface area contributed by atoms with Crippen LogP contribution in [0.4, 0.5) is 0 Å². The zero-order valence-corrected chi connectivity index (χ0v) is 6.54. The topological polar surface area (TPSA) is 106 Å². The van der Waals surface area contributed by atoms with Crippen molar-refractivity contribution in [3.8, 4) is 0 Å². The number of carboxylic acid groups (broad SMARTS) is 1. The van der Waals surface area contributed by atoms with E-state index in [1.165, 1.54) is 0 Å². The summed E-state index contributed by atoms with van der Waals surface area (Å²) in [5.41, 5.74) is 9.22. The van der Waals surface area contributed by atoms with Gasteiger partial charge in [0.1, 0.15) is 0 Å². The lowest BCUT2D eigenvalue weighted by atomic mass is 10.4. The van der Waals surface area contributed by atoms with E-state index in [-0.39, 0.29) is 6.54 Å². The first-order valence-corrected chi connectivity index (χ1v) is 3.24. The molecule has 0 aromatic carbocycles. The van der Waals surface area contributed by atoms with Gasteiger partial charge in [-0.1, -0.05) is 6.92 Å². The second-order valence-electron chi connectivity index (χ2n) is 1.81. The Morgan fingerprint density at radius 3 is 1.82 bits per heavy atom. The zero-order valence-electron chi connectivity index (χ0n) is 6.54. The van der Waals surface area contributed by atoms with Crippen LogP contribution in [0.1, 0.15) is 19.8 Å². The van der Waals surface area contributed by atoms with E-state index in [0.29, 0.717) is 6.42 Å². The fourth-order valence-electron chi connectivity index (χ4n) is 0.214. The number of amides is 1. The largest absolute Gasteiger partial charge is 0.481 e. The molecule has 5 heteroatoms. The van der Waals surface area contributed by atoms with Crippen molar-refractivity contribution in [3.63, 3.8) is 0 Å². The number of rotatable bonds is 3. The number of carbonyl (C=O) groups is 2. The van der Waals surface area contributed by atoms with E-state index in [4.69, 9.17) is 10.8 Å². The van der Waals surface area contributed by atoms with E-state index in [9.17, 15) is 9.59 Å². The van der Waals surface area contributed by atoms with Crippen molar-refractivity contribution in [3.05, 3.63) is 0 Å². The monoisotopic (exact) mass is 162 g/mol. The third kappa shape index (κ3) is 27.9. The van der Waals surface area contributed by atoms with Crippen LogP contribution in [0.15, 0.2) is 0 Å². The maximum Gasteiger partial charge on any atom is 0.303 e. The number of carbonyl (C=O) groups excluding carboxylic acids is 1. The Kier molecular flexibility index (Phi) is 10.2. The number of aliphatic carboxylic acids is 1. The maximum atomic E-state index is 9.60. The first kappa shape index (κ1) is 12.6. The lowest BCUT2D eigenvalue weighted by Gasteiger charge is -1.79. The molecular weight excluding hydrogens is 148 g/mol. The summed E-state index contributed by atoms with van der Waals surface area (Å²) < 4.78 is 0. The van der Waals surface area contributed by atoms with Gasteiger partial charge in [-0.3, -0.25) is 9.59 Å². The Morgan fingerprint density at radius 1 is 1.45 bits per heavy atom. The zero-order chi connectivity index (χ0) is 9.28. The lowest BCUT2D eigenvalue weighted by molar-refractivity contribution is -0.137. The molecule has 0 saturated carbocycles. The van der Waals surface area contributed by atoms with Gasteiger partial charge in [-0.05, 0) is 6.42 Å². The summed E-state index contributed by atoms with van der Waals surface area (Å²) in [5.74, 6) is -1.18. The third-order valence-electron chi connectivity index (χ3n) is 0.665. The van der Waals surface area contributed by atoms with Gasteiger partial charge in [-0.15, -0.1) is 0 Å². The summed E-state index contributed by atoms with van der Waals surface area (Å²) in [6.07, 6.45) is 1.02. The van der Waals surface area contributed by atoms with Crippen molar-refractivity contribution in [2.75, 3.05) is 6.54 Å². The number of carboxylic acids is 1. The van der Waals surface area contributed by atoms with Crippen LogP contribution in [0.25, 0.3) is 0 Å². The van der Waals surface area contributed by atoms with E-state index >= 15 is 0 Å². The minimum atomic E-state index is -0.711. The van der Waals surface area contributed by atoms with Crippen molar-refractivity contribution < 1.29 is 14.7 Å². The molecule has 66 valence electrons. The molecule has 0 spiro atoms. The lowest BCUT2D eigenvalue weighted by Crippen LogP contribution is -2.21. The number of nitrogens with two attached hydrogens (primary N) is 2. The normalized spacial score (nSPS) is 7.82. The number of hydrogen-bond donors (Lipinski definition) is 3. The van der Waals surface area contributed by atoms with Crippen LogP contribution in [0.3, 0.4) is 0 Å². The molecule has 0 saturated heterocycles. The van der Waals surface area contributed by atoms with Gasteiger partial charge >= 0.3 is 5.97 Å². The van der Waals surface area contributed by atoms with Crippen molar-refractivity contribution in [2.24, 2.45) is 11.5 Å². The molecule has 0 aromatic rings. The molecule has 0 radical (unpaired) electrons. The number of hydrogen-bond acceptors (Lipinski definition) is 3. The molecule has 0 aromatic heterocycles. The second-order valence-corrected chi connectivity index (χ2v) is 1.81. The predicted molar refractivity (Wildman–Crippen MR) is 40.8 cm³/mol. The minimum absolute atomic E-state index is 0.0556. The first-order chi connectivity index (χ1) is 5.04. The van der Waals surface area contributed by atoms with Crippen molar-refractivity contribution >= 4 is 11.9 Å². The van der Waals surface area contributed by atoms with Gasteiger partial charge < -0.3 is 16.6 Å². The Hall–Kier alpha value is -1.10. The molecule has 0 aliphatic carbocycles. The quantitative estimate of drug-likeness (QED) is 0.510. The van der Waals surface area contributed by atoms with Crippen LogP contribution in [0.5, 0.6) is 0 Å². The third-order valence-corrected chi connectivity index (χ3v) is 0.665. The van der Waals surface area contributed by atoms with Crippen molar-refractivity contribution in [2.45, 2.75) is 19.8 Å². The smallest absolute Gasteiger partial charge is 0.303 e. The SMILES string of the molecule is CCCC(=O)O.NCC(N)=O. The van der Waals surface area contributed by atoms with Gasteiger partial charge in [0.2, 0.25) is 5.91 Å². The van der Waals surface area contributed by atoms with Gasteiger partial charge in [-0.2, -0.15) is 0 Å². The second kappa shape index (κ2) is 8.90. The molecule has 5 nitrogen and oxygen atoms in total. The highest BCUT2D eigenvalue weighted by Crippen LogP contribution is 1.82. The average molecular weight is 162 g/mol. The molecule has 0 fully saturated rings. The molecule has 5 N–H and O–H groups in total. The fourth-order valence-corrected chi connectivity index (χ4v) is 0.214. The van der Waals surface area contributed by atoms with Gasteiger partial charge in [0.05, 0.1) is 6.54 Å². The van der Waals surface area contributed by atoms with Crippen molar-refractivity contribution in [1.82, 2.24) is 0 Å². The van der Waals surface area contributed by atoms with E-state index in [0.717, 1.165) is 6.42 Å². The molecule has 0 rings (SSSR count). The summed E-state index contributed by atoms with van der Waals surface area (Å²) in [6, 6.07) is 0.